The third-order valence-corrected chi connectivity index (χ3v) is 6.61. The zero-order chi connectivity index (χ0) is 25.1. The molecule has 0 amide bonds. The SMILES string of the molecule is CCOc1ccc(-c2noc(C3=C(C)N(Cc4ccc(C)cc4)C(=S)NC3c3ccccc3)n2)cc1. The first kappa shape index (κ1) is 23.8. The van der Waals surface area contributed by atoms with Gasteiger partial charge >= 0.3 is 0 Å². The number of rotatable bonds is 7. The Hall–Kier alpha value is -3.97. The summed E-state index contributed by atoms with van der Waals surface area (Å²) >= 11 is 5.83. The summed E-state index contributed by atoms with van der Waals surface area (Å²) in [5, 5.41) is 8.48. The van der Waals surface area contributed by atoms with E-state index in [0.717, 1.165) is 28.1 Å². The molecule has 1 aromatic heterocycles. The molecular weight excluding hydrogens is 468 g/mol. The van der Waals surface area contributed by atoms with Gasteiger partial charge in [-0.2, -0.15) is 4.98 Å². The van der Waals surface area contributed by atoms with Gasteiger partial charge in [-0.15, -0.1) is 0 Å². The van der Waals surface area contributed by atoms with Crippen LogP contribution in [-0.4, -0.2) is 26.8 Å². The summed E-state index contributed by atoms with van der Waals surface area (Å²) in [6, 6.07) is 26.2. The fourth-order valence-corrected chi connectivity index (χ4v) is 4.66. The second-order valence-electron chi connectivity index (χ2n) is 8.74. The largest absolute Gasteiger partial charge is 0.494 e. The van der Waals surface area contributed by atoms with Gasteiger partial charge in [-0.05, 0) is 68.4 Å². The molecule has 0 saturated carbocycles. The minimum Gasteiger partial charge on any atom is -0.494 e. The molecule has 0 aliphatic carbocycles. The van der Waals surface area contributed by atoms with Crippen molar-refractivity contribution >= 4 is 22.9 Å². The van der Waals surface area contributed by atoms with Crippen LogP contribution in [0.25, 0.3) is 17.0 Å². The highest BCUT2D eigenvalue weighted by Gasteiger charge is 2.34. The van der Waals surface area contributed by atoms with Gasteiger partial charge in [0.1, 0.15) is 5.75 Å². The van der Waals surface area contributed by atoms with Gasteiger partial charge in [0.25, 0.3) is 5.89 Å². The number of nitrogens with one attached hydrogen (secondary N) is 1. The van der Waals surface area contributed by atoms with Crippen molar-refractivity contribution in [3.8, 4) is 17.1 Å². The van der Waals surface area contributed by atoms with E-state index in [0.29, 0.717) is 30.0 Å². The zero-order valence-electron chi connectivity index (χ0n) is 20.6. The van der Waals surface area contributed by atoms with E-state index in [9.17, 15) is 0 Å². The maximum absolute atomic E-state index is 5.85. The van der Waals surface area contributed by atoms with Crippen LogP contribution in [0.2, 0.25) is 0 Å². The molecule has 0 spiro atoms. The summed E-state index contributed by atoms with van der Waals surface area (Å²) in [7, 11) is 0. The predicted molar refractivity (Wildman–Crippen MR) is 145 cm³/mol. The van der Waals surface area contributed by atoms with Gasteiger partial charge in [-0.3, -0.25) is 0 Å². The van der Waals surface area contributed by atoms with Crippen molar-refractivity contribution in [1.29, 1.82) is 0 Å². The lowest BCUT2D eigenvalue weighted by molar-refractivity contribution is 0.340. The van der Waals surface area contributed by atoms with Crippen molar-refractivity contribution in [1.82, 2.24) is 20.4 Å². The smallest absolute Gasteiger partial charge is 0.258 e. The third kappa shape index (κ3) is 4.88. The number of ether oxygens (including phenoxy) is 1. The van der Waals surface area contributed by atoms with Gasteiger partial charge in [-0.1, -0.05) is 65.3 Å². The lowest BCUT2D eigenvalue weighted by atomic mass is 9.94. The van der Waals surface area contributed by atoms with E-state index in [-0.39, 0.29) is 6.04 Å². The maximum Gasteiger partial charge on any atom is 0.258 e. The number of nitrogens with zero attached hydrogens (tertiary/aromatic N) is 3. The summed E-state index contributed by atoms with van der Waals surface area (Å²) < 4.78 is 11.4. The van der Waals surface area contributed by atoms with E-state index in [1.165, 1.54) is 11.1 Å². The Morgan fingerprint density at radius 3 is 2.39 bits per heavy atom. The van der Waals surface area contributed by atoms with Crippen molar-refractivity contribution in [2.75, 3.05) is 6.61 Å². The van der Waals surface area contributed by atoms with Gasteiger partial charge < -0.3 is 19.5 Å². The molecule has 36 heavy (non-hydrogen) atoms. The van der Waals surface area contributed by atoms with Crippen LogP contribution in [0.3, 0.4) is 0 Å². The third-order valence-electron chi connectivity index (χ3n) is 6.27. The highest BCUT2D eigenvalue weighted by Crippen LogP contribution is 2.38. The van der Waals surface area contributed by atoms with Crippen LogP contribution in [0, 0.1) is 6.92 Å². The van der Waals surface area contributed by atoms with E-state index in [1.807, 2.05) is 49.4 Å². The van der Waals surface area contributed by atoms with Crippen LogP contribution in [0.5, 0.6) is 5.75 Å². The lowest BCUT2D eigenvalue weighted by Crippen LogP contribution is -2.45. The van der Waals surface area contributed by atoms with Crippen molar-refractivity contribution in [2.45, 2.75) is 33.4 Å². The lowest BCUT2D eigenvalue weighted by Gasteiger charge is -2.37. The molecule has 1 N–H and O–H groups in total. The van der Waals surface area contributed by atoms with Crippen LogP contribution in [0.4, 0.5) is 0 Å². The van der Waals surface area contributed by atoms with Gasteiger partial charge in [-0.25, -0.2) is 0 Å². The molecule has 0 radical (unpaired) electrons. The van der Waals surface area contributed by atoms with Gasteiger partial charge in [0.2, 0.25) is 5.82 Å². The van der Waals surface area contributed by atoms with E-state index >= 15 is 0 Å². The number of hydrogen-bond acceptors (Lipinski definition) is 5. The zero-order valence-corrected chi connectivity index (χ0v) is 21.4. The molecule has 1 aliphatic rings. The molecule has 1 aliphatic heterocycles. The summed E-state index contributed by atoms with van der Waals surface area (Å²) in [5.41, 5.74) is 6.22. The number of allylic oxidation sites excluding steroid dienone is 1. The fourth-order valence-electron chi connectivity index (χ4n) is 4.34. The van der Waals surface area contributed by atoms with Crippen molar-refractivity contribution < 1.29 is 9.26 Å². The highest BCUT2D eigenvalue weighted by atomic mass is 32.1. The fraction of sp³-hybridized carbons (Fsp3) is 0.207. The van der Waals surface area contributed by atoms with Crippen LogP contribution < -0.4 is 10.1 Å². The van der Waals surface area contributed by atoms with Crippen LogP contribution in [0.1, 0.15) is 42.5 Å². The van der Waals surface area contributed by atoms with E-state index in [4.69, 9.17) is 26.5 Å². The Morgan fingerprint density at radius 2 is 1.69 bits per heavy atom. The first-order chi connectivity index (χ1) is 17.5. The average Bonchev–Trinajstić information content (AvgIpc) is 3.38. The number of thiocarbonyl (C=S) groups is 1. The summed E-state index contributed by atoms with van der Waals surface area (Å²) in [6.45, 7) is 7.37. The summed E-state index contributed by atoms with van der Waals surface area (Å²) in [5.74, 6) is 1.80. The Morgan fingerprint density at radius 1 is 0.972 bits per heavy atom. The molecule has 3 aromatic carbocycles. The van der Waals surface area contributed by atoms with Crippen molar-refractivity contribution in [3.63, 3.8) is 0 Å². The summed E-state index contributed by atoms with van der Waals surface area (Å²) in [6.07, 6.45) is 0. The number of hydrogen-bond donors (Lipinski definition) is 1. The number of aromatic nitrogens is 2. The molecule has 1 unspecified atom stereocenters. The van der Waals surface area contributed by atoms with E-state index in [2.05, 4.69) is 65.6 Å². The molecular formula is C29H28N4O2S. The van der Waals surface area contributed by atoms with Crippen molar-refractivity contribution in [2.24, 2.45) is 0 Å². The molecule has 4 aromatic rings. The molecule has 0 bridgehead atoms. The molecule has 2 heterocycles. The van der Waals surface area contributed by atoms with Crippen LogP contribution in [-0.2, 0) is 6.54 Å². The Bertz CT molecular complexity index is 1380. The maximum atomic E-state index is 5.85. The highest BCUT2D eigenvalue weighted by molar-refractivity contribution is 7.80. The first-order valence-electron chi connectivity index (χ1n) is 12.0. The monoisotopic (exact) mass is 496 g/mol. The average molecular weight is 497 g/mol. The normalized spacial score (nSPS) is 15.7. The summed E-state index contributed by atoms with van der Waals surface area (Å²) in [4.78, 5) is 6.89. The number of aryl methyl sites for hydroxylation is 1. The minimum absolute atomic E-state index is 0.207. The topological polar surface area (TPSA) is 63.4 Å². The quantitative estimate of drug-likeness (QED) is 0.301. The molecule has 1 atom stereocenters. The van der Waals surface area contributed by atoms with Gasteiger partial charge in [0, 0.05) is 17.8 Å². The molecule has 0 fully saturated rings. The van der Waals surface area contributed by atoms with Gasteiger partial charge in [0.05, 0.1) is 18.2 Å². The van der Waals surface area contributed by atoms with Crippen molar-refractivity contribution in [3.05, 3.63) is 107 Å². The Labute approximate surface area is 216 Å². The van der Waals surface area contributed by atoms with Crippen LogP contribution in [0.15, 0.2) is 89.1 Å². The Kier molecular flexibility index (Phi) is 6.82. The van der Waals surface area contributed by atoms with E-state index in [1.54, 1.807) is 0 Å². The van der Waals surface area contributed by atoms with E-state index < -0.39 is 0 Å². The second-order valence-corrected chi connectivity index (χ2v) is 9.13. The molecule has 5 rings (SSSR count). The second kappa shape index (κ2) is 10.3. The first-order valence-corrected chi connectivity index (χ1v) is 12.4. The number of benzene rings is 3. The standard InChI is InChI=1S/C29H28N4O2S/c1-4-34-24-16-14-23(15-17-24)27-31-28(35-32-27)25-20(3)33(18-21-12-10-19(2)11-13-21)29(36)30-26(25)22-8-6-5-7-9-22/h5-17,26H,4,18H2,1-3H3,(H,30,36). The predicted octanol–water partition coefficient (Wildman–Crippen LogP) is 6.31. The van der Waals surface area contributed by atoms with Crippen LogP contribution >= 0.6 is 12.2 Å². The molecule has 182 valence electrons. The minimum atomic E-state index is -0.207. The molecule has 7 heteroatoms. The van der Waals surface area contributed by atoms with Gasteiger partial charge in [0.15, 0.2) is 5.11 Å². The molecule has 6 nitrogen and oxygen atoms in total. The molecule has 0 saturated heterocycles. The Balaban J connectivity index is 1.54.